The molecule has 0 spiro atoms. The lowest BCUT2D eigenvalue weighted by atomic mass is 10.1. The molecule has 1 aromatic rings. The highest BCUT2D eigenvalue weighted by Crippen LogP contribution is 2.15. The lowest BCUT2D eigenvalue weighted by Crippen LogP contribution is -2.37. The van der Waals surface area contributed by atoms with Crippen LogP contribution in [0.4, 0.5) is 0 Å². The minimum atomic E-state index is 0.101. The molecule has 0 amide bonds. The third kappa shape index (κ3) is 2.00. The van der Waals surface area contributed by atoms with Crippen LogP contribution in [0.2, 0.25) is 0 Å². The van der Waals surface area contributed by atoms with E-state index in [2.05, 4.69) is 5.32 Å². The van der Waals surface area contributed by atoms with Crippen LogP contribution < -0.4 is 11.0 Å². The topological polar surface area (TPSA) is 39.0 Å². The summed E-state index contributed by atoms with van der Waals surface area (Å²) < 4.78 is 3.59. The van der Waals surface area contributed by atoms with Gasteiger partial charge in [0.1, 0.15) is 0 Å². The Hall–Kier alpha value is -1.03. The van der Waals surface area contributed by atoms with E-state index in [9.17, 15) is 4.79 Å². The Bertz CT molecular complexity index is 371. The molecule has 1 N–H and O–H groups in total. The van der Waals surface area contributed by atoms with Crippen LogP contribution in [0, 0.1) is 0 Å². The predicted molar refractivity (Wildman–Crippen MR) is 60.0 cm³/mol. The maximum Gasteiger partial charge on any atom is 0.329 e. The van der Waals surface area contributed by atoms with Crippen LogP contribution in [-0.2, 0) is 0 Å². The lowest BCUT2D eigenvalue weighted by Gasteiger charge is -2.23. The highest BCUT2D eigenvalue weighted by molar-refractivity contribution is 4.87. The van der Waals surface area contributed by atoms with Gasteiger partial charge in [0.05, 0.1) is 6.17 Å². The molecule has 1 fully saturated rings. The summed E-state index contributed by atoms with van der Waals surface area (Å²) in [5.74, 6) is 0. The zero-order valence-electron chi connectivity index (χ0n) is 9.44. The summed E-state index contributed by atoms with van der Waals surface area (Å²) in [7, 11) is 0. The minimum Gasteiger partial charge on any atom is -0.297 e. The first-order valence-corrected chi connectivity index (χ1v) is 5.72. The van der Waals surface area contributed by atoms with Crippen LogP contribution in [0.5, 0.6) is 0 Å². The van der Waals surface area contributed by atoms with Crippen molar-refractivity contribution in [2.45, 2.75) is 45.3 Å². The van der Waals surface area contributed by atoms with Crippen molar-refractivity contribution in [3.8, 4) is 0 Å². The fourth-order valence-electron chi connectivity index (χ4n) is 2.11. The zero-order valence-corrected chi connectivity index (χ0v) is 9.44. The van der Waals surface area contributed by atoms with Crippen LogP contribution in [0.25, 0.3) is 0 Å². The van der Waals surface area contributed by atoms with Crippen LogP contribution in [0.15, 0.2) is 17.2 Å². The summed E-state index contributed by atoms with van der Waals surface area (Å²) in [6.45, 7) is 5.07. The van der Waals surface area contributed by atoms with Crippen molar-refractivity contribution in [2.75, 3.05) is 6.54 Å². The van der Waals surface area contributed by atoms with Crippen molar-refractivity contribution in [1.82, 2.24) is 14.5 Å². The third-order valence-corrected chi connectivity index (χ3v) is 3.01. The van der Waals surface area contributed by atoms with E-state index in [-0.39, 0.29) is 17.9 Å². The van der Waals surface area contributed by atoms with Gasteiger partial charge < -0.3 is 0 Å². The summed E-state index contributed by atoms with van der Waals surface area (Å²) in [5, 5.41) is 3.38. The molecule has 4 heteroatoms. The van der Waals surface area contributed by atoms with Gasteiger partial charge in [-0.15, -0.1) is 0 Å². The zero-order chi connectivity index (χ0) is 10.8. The second kappa shape index (κ2) is 4.23. The molecule has 0 radical (unpaired) electrons. The standard InChI is InChI=1S/C11H19N3O/c1-9(2)13-7-8-14(11(13)15)10-5-3-4-6-12-10/h7-10,12H,3-6H2,1-2H3. The van der Waals surface area contributed by atoms with E-state index in [1.165, 1.54) is 12.8 Å². The molecule has 1 aliphatic rings. The van der Waals surface area contributed by atoms with Gasteiger partial charge in [-0.2, -0.15) is 0 Å². The number of imidazole rings is 1. The van der Waals surface area contributed by atoms with Crippen molar-refractivity contribution in [2.24, 2.45) is 0 Å². The first-order valence-electron chi connectivity index (χ1n) is 5.72. The number of rotatable bonds is 2. The molecule has 1 saturated heterocycles. The molecular weight excluding hydrogens is 190 g/mol. The van der Waals surface area contributed by atoms with Crippen LogP contribution in [0.3, 0.4) is 0 Å². The van der Waals surface area contributed by atoms with E-state index >= 15 is 0 Å². The molecule has 0 aliphatic carbocycles. The Morgan fingerprint density at radius 3 is 2.73 bits per heavy atom. The quantitative estimate of drug-likeness (QED) is 0.801. The second-order valence-electron chi connectivity index (χ2n) is 4.45. The Morgan fingerprint density at radius 2 is 2.20 bits per heavy atom. The van der Waals surface area contributed by atoms with Crippen molar-refractivity contribution >= 4 is 0 Å². The number of hydrogen-bond acceptors (Lipinski definition) is 2. The van der Waals surface area contributed by atoms with E-state index < -0.39 is 0 Å². The summed E-state index contributed by atoms with van der Waals surface area (Å²) >= 11 is 0. The van der Waals surface area contributed by atoms with E-state index in [1.807, 2.05) is 30.8 Å². The van der Waals surface area contributed by atoms with Crippen molar-refractivity contribution in [3.63, 3.8) is 0 Å². The molecule has 1 unspecified atom stereocenters. The maximum atomic E-state index is 12.0. The maximum absolute atomic E-state index is 12.0. The van der Waals surface area contributed by atoms with Crippen molar-refractivity contribution in [3.05, 3.63) is 22.9 Å². The van der Waals surface area contributed by atoms with Crippen LogP contribution in [-0.4, -0.2) is 15.7 Å². The molecular formula is C11H19N3O. The first kappa shape index (κ1) is 10.5. The van der Waals surface area contributed by atoms with E-state index in [4.69, 9.17) is 0 Å². The normalized spacial score (nSPS) is 22.2. The van der Waals surface area contributed by atoms with Crippen molar-refractivity contribution < 1.29 is 0 Å². The number of aromatic nitrogens is 2. The summed E-state index contributed by atoms with van der Waals surface area (Å²) in [6.07, 6.45) is 7.45. The van der Waals surface area contributed by atoms with Crippen LogP contribution >= 0.6 is 0 Å². The second-order valence-corrected chi connectivity index (χ2v) is 4.45. The smallest absolute Gasteiger partial charge is 0.297 e. The monoisotopic (exact) mass is 209 g/mol. The van der Waals surface area contributed by atoms with Gasteiger partial charge in [0.2, 0.25) is 0 Å². The first-order chi connectivity index (χ1) is 7.20. The Labute approximate surface area is 89.9 Å². The molecule has 1 aliphatic heterocycles. The van der Waals surface area contributed by atoms with Crippen LogP contribution in [0.1, 0.15) is 45.3 Å². The number of nitrogens with one attached hydrogen (secondary N) is 1. The average Bonchev–Trinajstić information content (AvgIpc) is 2.61. The minimum absolute atomic E-state index is 0.101. The summed E-state index contributed by atoms with van der Waals surface area (Å²) in [4.78, 5) is 12.0. The number of piperidine rings is 1. The number of nitrogens with zero attached hydrogens (tertiary/aromatic N) is 2. The number of hydrogen-bond donors (Lipinski definition) is 1. The molecule has 2 heterocycles. The lowest BCUT2D eigenvalue weighted by molar-refractivity contribution is 0.311. The van der Waals surface area contributed by atoms with E-state index in [1.54, 1.807) is 4.57 Å². The molecule has 0 saturated carbocycles. The van der Waals surface area contributed by atoms with Gasteiger partial charge in [-0.25, -0.2) is 4.79 Å². The highest BCUT2D eigenvalue weighted by Gasteiger charge is 2.17. The molecule has 0 bridgehead atoms. The van der Waals surface area contributed by atoms with E-state index in [0.29, 0.717) is 0 Å². The Kier molecular flexibility index (Phi) is 2.95. The molecule has 1 atom stereocenters. The SMILES string of the molecule is CC(C)n1ccn(C2CCCCN2)c1=O. The predicted octanol–water partition coefficient (Wildman–Crippen LogP) is 1.50. The van der Waals surface area contributed by atoms with Gasteiger partial charge in [-0.05, 0) is 39.7 Å². The Balaban J connectivity index is 2.24. The highest BCUT2D eigenvalue weighted by atomic mass is 16.1. The fraction of sp³-hybridized carbons (Fsp3) is 0.727. The molecule has 84 valence electrons. The van der Waals surface area contributed by atoms with Gasteiger partial charge in [-0.3, -0.25) is 14.5 Å². The average molecular weight is 209 g/mol. The molecule has 1 aromatic heterocycles. The van der Waals surface area contributed by atoms with Gasteiger partial charge in [0.25, 0.3) is 0 Å². The molecule has 0 aromatic carbocycles. The Morgan fingerprint density at radius 1 is 1.40 bits per heavy atom. The summed E-state index contributed by atoms with van der Waals surface area (Å²) in [6, 6.07) is 0.238. The molecule has 15 heavy (non-hydrogen) atoms. The van der Waals surface area contributed by atoms with Crippen molar-refractivity contribution in [1.29, 1.82) is 0 Å². The fourth-order valence-corrected chi connectivity index (χ4v) is 2.11. The third-order valence-electron chi connectivity index (χ3n) is 3.01. The molecule has 4 nitrogen and oxygen atoms in total. The van der Waals surface area contributed by atoms with Gasteiger partial charge >= 0.3 is 5.69 Å². The van der Waals surface area contributed by atoms with Gasteiger partial charge in [0.15, 0.2) is 0 Å². The summed E-state index contributed by atoms with van der Waals surface area (Å²) in [5.41, 5.74) is 0.101. The van der Waals surface area contributed by atoms with E-state index in [0.717, 1.165) is 13.0 Å². The largest absolute Gasteiger partial charge is 0.329 e. The molecule has 2 rings (SSSR count). The van der Waals surface area contributed by atoms with Gasteiger partial charge in [0, 0.05) is 18.4 Å². The van der Waals surface area contributed by atoms with Gasteiger partial charge in [-0.1, -0.05) is 0 Å².